The molecule has 1 aliphatic heterocycles. The minimum atomic E-state index is -0.0277. The van der Waals surface area contributed by atoms with E-state index in [1.54, 1.807) is 6.33 Å². The van der Waals surface area contributed by atoms with Gasteiger partial charge in [-0.25, -0.2) is 0 Å². The highest BCUT2D eigenvalue weighted by atomic mass is 16.3. The zero-order chi connectivity index (χ0) is 12.1. The Morgan fingerprint density at radius 3 is 3.06 bits per heavy atom. The highest BCUT2D eigenvalue weighted by Crippen LogP contribution is 2.16. The highest BCUT2D eigenvalue weighted by molar-refractivity contribution is 4.82. The van der Waals surface area contributed by atoms with Crippen LogP contribution >= 0.6 is 0 Å². The van der Waals surface area contributed by atoms with Crippen molar-refractivity contribution in [3.63, 3.8) is 0 Å². The third kappa shape index (κ3) is 3.26. The fourth-order valence-corrected chi connectivity index (χ4v) is 2.52. The van der Waals surface area contributed by atoms with Gasteiger partial charge in [0.2, 0.25) is 0 Å². The SMILES string of the molecule is CC1CCCCN1CCCn1cnnc1CO. The number of aliphatic hydroxyl groups is 1. The van der Waals surface area contributed by atoms with Gasteiger partial charge in [0.15, 0.2) is 5.82 Å². The van der Waals surface area contributed by atoms with E-state index >= 15 is 0 Å². The molecule has 1 unspecified atom stereocenters. The van der Waals surface area contributed by atoms with Crippen molar-refractivity contribution < 1.29 is 5.11 Å². The van der Waals surface area contributed by atoms with Crippen molar-refractivity contribution in [1.29, 1.82) is 0 Å². The first-order valence-electron chi connectivity index (χ1n) is 6.53. The van der Waals surface area contributed by atoms with Crippen molar-refractivity contribution in [1.82, 2.24) is 19.7 Å². The summed E-state index contributed by atoms with van der Waals surface area (Å²) in [5.74, 6) is 0.664. The Kier molecular flexibility index (Phi) is 4.50. The molecule has 1 saturated heterocycles. The molecule has 2 heterocycles. The monoisotopic (exact) mass is 238 g/mol. The third-order valence-corrected chi connectivity index (χ3v) is 3.62. The average molecular weight is 238 g/mol. The molecule has 0 aromatic carbocycles. The molecule has 0 radical (unpaired) electrons. The lowest BCUT2D eigenvalue weighted by atomic mass is 10.0. The Bertz CT molecular complexity index is 339. The van der Waals surface area contributed by atoms with Crippen molar-refractivity contribution in [3.8, 4) is 0 Å². The number of aryl methyl sites for hydroxylation is 1. The minimum absolute atomic E-state index is 0.0277. The van der Waals surface area contributed by atoms with Crippen LogP contribution in [0, 0.1) is 0 Å². The molecule has 0 amide bonds. The summed E-state index contributed by atoms with van der Waals surface area (Å²) >= 11 is 0. The summed E-state index contributed by atoms with van der Waals surface area (Å²) in [7, 11) is 0. The molecule has 96 valence electrons. The summed E-state index contributed by atoms with van der Waals surface area (Å²) in [5.41, 5.74) is 0. The first-order valence-corrected chi connectivity index (χ1v) is 6.53. The van der Waals surface area contributed by atoms with E-state index < -0.39 is 0 Å². The quantitative estimate of drug-likeness (QED) is 0.832. The molecule has 1 aromatic rings. The summed E-state index contributed by atoms with van der Waals surface area (Å²) in [6.45, 7) is 5.55. The zero-order valence-corrected chi connectivity index (χ0v) is 10.5. The Hall–Kier alpha value is -0.940. The Morgan fingerprint density at radius 1 is 1.41 bits per heavy atom. The molecule has 17 heavy (non-hydrogen) atoms. The average Bonchev–Trinajstić information content (AvgIpc) is 2.79. The van der Waals surface area contributed by atoms with Gasteiger partial charge in [-0.3, -0.25) is 0 Å². The minimum Gasteiger partial charge on any atom is -0.388 e. The smallest absolute Gasteiger partial charge is 0.158 e. The van der Waals surface area contributed by atoms with Crippen molar-refractivity contribution in [2.75, 3.05) is 13.1 Å². The van der Waals surface area contributed by atoms with Crippen LogP contribution in [0.2, 0.25) is 0 Å². The second kappa shape index (κ2) is 6.12. The fraction of sp³-hybridized carbons (Fsp3) is 0.833. The molecule has 5 heteroatoms. The highest BCUT2D eigenvalue weighted by Gasteiger charge is 2.17. The molecule has 5 nitrogen and oxygen atoms in total. The van der Waals surface area contributed by atoms with E-state index in [1.807, 2.05) is 4.57 Å². The Balaban J connectivity index is 1.75. The lowest BCUT2D eigenvalue weighted by Crippen LogP contribution is -2.38. The van der Waals surface area contributed by atoms with Crippen LogP contribution in [0.15, 0.2) is 6.33 Å². The normalized spacial score (nSPS) is 21.9. The first kappa shape index (κ1) is 12.5. The predicted molar refractivity (Wildman–Crippen MR) is 65.4 cm³/mol. The van der Waals surface area contributed by atoms with E-state index in [-0.39, 0.29) is 6.61 Å². The van der Waals surface area contributed by atoms with Gasteiger partial charge < -0.3 is 14.6 Å². The Labute approximate surface area is 102 Å². The van der Waals surface area contributed by atoms with Crippen molar-refractivity contribution in [3.05, 3.63) is 12.2 Å². The molecule has 1 aromatic heterocycles. The van der Waals surface area contributed by atoms with Crippen molar-refractivity contribution in [2.24, 2.45) is 0 Å². The summed E-state index contributed by atoms with van der Waals surface area (Å²) in [4.78, 5) is 2.56. The molecule has 1 atom stereocenters. The van der Waals surface area contributed by atoms with E-state index in [2.05, 4.69) is 22.0 Å². The van der Waals surface area contributed by atoms with Gasteiger partial charge in [0, 0.05) is 19.1 Å². The molecule has 1 N–H and O–H groups in total. The fourth-order valence-electron chi connectivity index (χ4n) is 2.52. The lowest BCUT2D eigenvalue weighted by molar-refractivity contribution is 0.156. The largest absolute Gasteiger partial charge is 0.388 e. The molecule has 1 aliphatic rings. The zero-order valence-electron chi connectivity index (χ0n) is 10.5. The summed E-state index contributed by atoms with van der Waals surface area (Å²) < 4.78 is 1.94. The van der Waals surface area contributed by atoms with Gasteiger partial charge in [-0.15, -0.1) is 10.2 Å². The third-order valence-electron chi connectivity index (χ3n) is 3.62. The van der Waals surface area contributed by atoms with E-state index in [0.29, 0.717) is 5.82 Å². The number of likely N-dealkylation sites (tertiary alicyclic amines) is 1. The molecular formula is C12H22N4O. The van der Waals surface area contributed by atoms with Crippen molar-refractivity contribution >= 4 is 0 Å². The standard InChI is InChI=1S/C12H22N4O/c1-11-5-2-3-6-15(11)7-4-8-16-10-13-14-12(16)9-17/h10-11,17H,2-9H2,1H3. The number of hydrogen-bond acceptors (Lipinski definition) is 4. The van der Waals surface area contributed by atoms with E-state index in [9.17, 15) is 0 Å². The maximum Gasteiger partial charge on any atom is 0.158 e. The lowest BCUT2D eigenvalue weighted by Gasteiger charge is -2.33. The van der Waals surface area contributed by atoms with Crippen LogP contribution in [-0.2, 0) is 13.2 Å². The summed E-state index contributed by atoms with van der Waals surface area (Å²) in [6.07, 6.45) is 6.83. The van der Waals surface area contributed by atoms with E-state index in [1.165, 1.54) is 25.8 Å². The van der Waals surface area contributed by atoms with E-state index in [0.717, 1.165) is 25.6 Å². The number of piperidine rings is 1. The maximum atomic E-state index is 9.06. The summed E-state index contributed by atoms with van der Waals surface area (Å²) in [5, 5.41) is 16.7. The second-order valence-corrected chi connectivity index (χ2v) is 4.83. The van der Waals surface area contributed by atoms with Crippen LogP contribution < -0.4 is 0 Å². The molecule has 0 aliphatic carbocycles. The van der Waals surface area contributed by atoms with E-state index in [4.69, 9.17) is 5.11 Å². The van der Waals surface area contributed by atoms with Crippen LogP contribution in [-0.4, -0.2) is 43.9 Å². The topological polar surface area (TPSA) is 54.2 Å². The van der Waals surface area contributed by atoms with Crippen LogP contribution in [0.1, 0.15) is 38.4 Å². The number of aromatic nitrogens is 3. The van der Waals surface area contributed by atoms with Crippen LogP contribution in [0.3, 0.4) is 0 Å². The van der Waals surface area contributed by atoms with Gasteiger partial charge in [-0.2, -0.15) is 0 Å². The van der Waals surface area contributed by atoms with Crippen molar-refractivity contribution in [2.45, 2.75) is 51.8 Å². The van der Waals surface area contributed by atoms with Crippen LogP contribution in [0.25, 0.3) is 0 Å². The van der Waals surface area contributed by atoms with Crippen LogP contribution in [0.4, 0.5) is 0 Å². The Morgan fingerprint density at radius 2 is 2.29 bits per heavy atom. The van der Waals surface area contributed by atoms with Crippen LogP contribution in [0.5, 0.6) is 0 Å². The van der Waals surface area contributed by atoms with Gasteiger partial charge in [0.05, 0.1) is 0 Å². The van der Waals surface area contributed by atoms with Gasteiger partial charge in [-0.05, 0) is 32.7 Å². The predicted octanol–water partition coefficient (Wildman–Crippen LogP) is 1.03. The molecule has 2 rings (SSSR count). The first-order chi connectivity index (χ1) is 8.31. The van der Waals surface area contributed by atoms with Gasteiger partial charge in [0.1, 0.15) is 12.9 Å². The number of nitrogens with zero attached hydrogens (tertiary/aromatic N) is 4. The molecule has 1 fully saturated rings. The van der Waals surface area contributed by atoms with Gasteiger partial charge >= 0.3 is 0 Å². The van der Waals surface area contributed by atoms with Gasteiger partial charge in [0.25, 0.3) is 0 Å². The van der Waals surface area contributed by atoms with Gasteiger partial charge in [-0.1, -0.05) is 6.42 Å². The molecule has 0 saturated carbocycles. The molecular weight excluding hydrogens is 216 g/mol. The number of aliphatic hydroxyl groups excluding tert-OH is 1. The second-order valence-electron chi connectivity index (χ2n) is 4.83. The number of rotatable bonds is 5. The molecule has 0 spiro atoms. The number of hydrogen-bond donors (Lipinski definition) is 1. The maximum absolute atomic E-state index is 9.06. The molecule has 0 bridgehead atoms. The summed E-state index contributed by atoms with van der Waals surface area (Å²) in [6, 6.07) is 0.724.